The Morgan fingerprint density at radius 2 is 1.90 bits per heavy atom. The van der Waals surface area contributed by atoms with Gasteiger partial charge in [0.05, 0.1) is 28.0 Å². The summed E-state index contributed by atoms with van der Waals surface area (Å²) in [6, 6.07) is 12.5. The van der Waals surface area contributed by atoms with Gasteiger partial charge < -0.3 is 0 Å². The van der Waals surface area contributed by atoms with Gasteiger partial charge in [0.1, 0.15) is 0 Å². The molecule has 0 fully saturated rings. The normalized spacial score (nSPS) is 13.1. The lowest BCUT2D eigenvalue weighted by atomic mass is 10.2. The van der Waals surface area contributed by atoms with Gasteiger partial charge in [-0.25, -0.2) is 0 Å². The first-order chi connectivity index (χ1) is 14.8. The SMILES string of the molecule is CCC(C)Sc1nnc(Cn2c(=O)sc3ccccc32)n1-c1cccc(C(F)(F)F)c1. The van der Waals surface area contributed by atoms with E-state index < -0.39 is 11.7 Å². The highest BCUT2D eigenvalue weighted by Gasteiger charge is 2.31. The summed E-state index contributed by atoms with van der Waals surface area (Å²) in [6.45, 7) is 4.15. The summed E-state index contributed by atoms with van der Waals surface area (Å²) < 4.78 is 44.0. The minimum Gasteiger partial charge on any atom is -0.291 e. The number of rotatable bonds is 6. The molecule has 0 saturated carbocycles. The van der Waals surface area contributed by atoms with Crippen LogP contribution in [-0.4, -0.2) is 24.6 Å². The summed E-state index contributed by atoms with van der Waals surface area (Å²) in [7, 11) is 0. The van der Waals surface area contributed by atoms with Gasteiger partial charge in [-0.2, -0.15) is 13.2 Å². The number of nitrogens with zero attached hydrogens (tertiary/aromatic N) is 4. The lowest BCUT2D eigenvalue weighted by molar-refractivity contribution is -0.137. The number of hydrogen-bond acceptors (Lipinski definition) is 5. The maximum absolute atomic E-state index is 13.3. The van der Waals surface area contributed by atoms with E-state index in [9.17, 15) is 18.0 Å². The number of halogens is 3. The van der Waals surface area contributed by atoms with Crippen molar-refractivity contribution in [2.45, 2.75) is 43.4 Å². The van der Waals surface area contributed by atoms with Crippen LogP contribution in [0.1, 0.15) is 31.7 Å². The lowest BCUT2D eigenvalue weighted by Crippen LogP contribution is -2.17. The fourth-order valence-corrected chi connectivity index (χ4v) is 4.95. The number of aromatic nitrogens is 4. The zero-order valence-electron chi connectivity index (χ0n) is 16.8. The Morgan fingerprint density at radius 3 is 2.65 bits per heavy atom. The first-order valence-electron chi connectivity index (χ1n) is 9.65. The summed E-state index contributed by atoms with van der Waals surface area (Å²) in [5, 5.41) is 9.19. The molecule has 31 heavy (non-hydrogen) atoms. The molecule has 0 bridgehead atoms. The van der Waals surface area contributed by atoms with Crippen LogP contribution in [-0.2, 0) is 12.7 Å². The van der Waals surface area contributed by atoms with Gasteiger partial charge in [-0.1, -0.05) is 55.1 Å². The predicted octanol–water partition coefficient (Wildman–Crippen LogP) is 5.60. The number of thioether (sulfide) groups is 1. The van der Waals surface area contributed by atoms with E-state index in [0.29, 0.717) is 16.7 Å². The topological polar surface area (TPSA) is 52.7 Å². The molecule has 0 spiro atoms. The third-order valence-electron chi connectivity index (χ3n) is 4.89. The van der Waals surface area contributed by atoms with Crippen molar-refractivity contribution in [3.63, 3.8) is 0 Å². The molecule has 10 heteroatoms. The van der Waals surface area contributed by atoms with E-state index in [-0.39, 0.29) is 16.7 Å². The molecule has 0 saturated heterocycles. The standard InChI is InChI=1S/C21H19F3N4OS2/c1-3-13(2)30-19-26-25-18(12-27-16-9-4-5-10-17(16)31-20(27)29)28(19)15-8-6-7-14(11-15)21(22,23)24/h4-11,13H,3,12H2,1-2H3. The molecule has 162 valence electrons. The van der Waals surface area contributed by atoms with E-state index in [1.807, 2.05) is 38.1 Å². The smallest absolute Gasteiger partial charge is 0.291 e. The molecule has 1 atom stereocenters. The average Bonchev–Trinajstić information content (AvgIpc) is 3.28. The van der Waals surface area contributed by atoms with Gasteiger partial charge in [-0.15, -0.1) is 10.2 Å². The molecule has 5 nitrogen and oxygen atoms in total. The molecule has 0 aliphatic carbocycles. The van der Waals surface area contributed by atoms with E-state index in [1.165, 1.54) is 17.8 Å². The van der Waals surface area contributed by atoms with Crippen LogP contribution in [0.25, 0.3) is 15.9 Å². The van der Waals surface area contributed by atoms with Crippen molar-refractivity contribution in [3.8, 4) is 5.69 Å². The molecule has 2 aromatic heterocycles. The number of thiazole rings is 1. The molecule has 0 aliphatic rings. The number of fused-ring (bicyclic) bond motifs is 1. The van der Waals surface area contributed by atoms with Crippen LogP contribution in [0, 0.1) is 0 Å². The minimum atomic E-state index is -4.46. The van der Waals surface area contributed by atoms with Crippen molar-refractivity contribution in [2.24, 2.45) is 0 Å². The van der Waals surface area contributed by atoms with Gasteiger partial charge in [0.25, 0.3) is 0 Å². The zero-order chi connectivity index (χ0) is 22.2. The van der Waals surface area contributed by atoms with Gasteiger partial charge in [0, 0.05) is 5.25 Å². The number of alkyl halides is 3. The Hall–Kier alpha value is -2.59. The highest BCUT2D eigenvalue weighted by Crippen LogP contribution is 2.33. The predicted molar refractivity (Wildman–Crippen MR) is 117 cm³/mol. The van der Waals surface area contributed by atoms with Gasteiger partial charge in [-0.05, 0) is 36.8 Å². The number of para-hydroxylation sites is 1. The second kappa shape index (κ2) is 8.51. The molecule has 1 unspecified atom stereocenters. The highest BCUT2D eigenvalue weighted by molar-refractivity contribution is 7.99. The monoisotopic (exact) mass is 464 g/mol. The fourth-order valence-electron chi connectivity index (χ4n) is 3.13. The third kappa shape index (κ3) is 4.40. The van der Waals surface area contributed by atoms with Crippen LogP contribution >= 0.6 is 23.1 Å². The van der Waals surface area contributed by atoms with E-state index in [2.05, 4.69) is 10.2 Å². The average molecular weight is 465 g/mol. The Labute approximate surface area is 184 Å². The summed E-state index contributed by atoms with van der Waals surface area (Å²) in [6.07, 6.45) is -3.60. The summed E-state index contributed by atoms with van der Waals surface area (Å²) >= 11 is 2.57. The summed E-state index contributed by atoms with van der Waals surface area (Å²) in [5.41, 5.74) is 0.322. The molecule has 4 rings (SSSR count). The molecular formula is C21H19F3N4OS2. The van der Waals surface area contributed by atoms with E-state index >= 15 is 0 Å². The van der Waals surface area contributed by atoms with E-state index in [0.717, 1.165) is 40.1 Å². The Morgan fingerprint density at radius 1 is 1.13 bits per heavy atom. The first-order valence-corrected chi connectivity index (χ1v) is 11.3. The Balaban J connectivity index is 1.84. The molecule has 0 amide bonds. The maximum atomic E-state index is 13.3. The van der Waals surface area contributed by atoms with Gasteiger partial charge in [0.15, 0.2) is 11.0 Å². The van der Waals surface area contributed by atoms with Crippen molar-refractivity contribution in [3.05, 3.63) is 69.6 Å². The van der Waals surface area contributed by atoms with Crippen molar-refractivity contribution in [1.82, 2.24) is 19.3 Å². The van der Waals surface area contributed by atoms with Crippen LogP contribution in [0.4, 0.5) is 13.2 Å². The number of hydrogen-bond donors (Lipinski definition) is 0. The van der Waals surface area contributed by atoms with Crippen molar-refractivity contribution in [1.29, 1.82) is 0 Å². The molecule has 0 radical (unpaired) electrons. The zero-order valence-corrected chi connectivity index (χ0v) is 18.4. The summed E-state index contributed by atoms with van der Waals surface area (Å²) in [5.74, 6) is 0.399. The van der Waals surface area contributed by atoms with Crippen LogP contribution in [0.3, 0.4) is 0 Å². The summed E-state index contributed by atoms with van der Waals surface area (Å²) in [4.78, 5) is 12.4. The molecule has 4 aromatic rings. The molecule has 2 aromatic carbocycles. The second-order valence-corrected chi connectivity index (χ2v) is 9.44. The maximum Gasteiger partial charge on any atom is 0.416 e. The van der Waals surface area contributed by atoms with Gasteiger partial charge in [0.2, 0.25) is 0 Å². The van der Waals surface area contributed by atoms with Crippen LogP contribution in [0.2, 0.25) is 0 Å². The van der Waals surface area contributed by atoms with Crippen molar-refractivity contribution < 1.29 is 13.2 Å². The van der Waals surface area contributed by atoms with E-state index in [1.54, 1.807) is 15.2 Å². The van der Waals surface area contributed by atoms with Crippen molar-refractivity contribution >= 4 is 33.3 Å². The number of benzene rings is 2. The minimum absolute atomic E-state index is 0.104. The third-order valence-corrected chi connectivity index (χ3v) is 7.06. The fraction of sp³-hybridized carbons (Fsp3) is 0.286. The lowest BCUT2D eigenvalue weighted by Gasteiger charge is -2.15. The molecule has 2 heterocycles. The van der Waals surface area contributed by atoms with Crippen LogP contribution < -0.4 is 4.87 Å². The first kappa shape index (κ1) is 21.6. The van der Waals surface area contributed by atoms with Crippen molar-refractivity contribution in [2.75, 3.05) is 0 Å². The molecule has 0 N–H and O–H groups in total. The Bertz CT molecular complexity index is 1280. The quantitative estimate of drug-likeness (QED) is 0.349. The second-order valence-electron chi connectivity index (χ2n) is 7.04. The largest absolute Gasteiger partial charge is 0.416 e. The van der Waals surface area contributed by atoms with Crippen LogP contribution in [0.15, 0.2) is 58.5 Å². The van der Waals surface area contributed by atoms with Crippen LogP contribution in [0.5, 0.6) is 0 Å². The molecular weight excluding hydrogens is 445 g/mol. The molecule has 0 aliphatic heterocycles. The van der Waals surface area contributed by atoms with Gasteiger partial charge in [-0.3, -0.25) is 13.9 Å². The Kier molecular flexibility index (Phi) is 5.94. The van der Waals surface area contributed by atoms with E-state index in [4.69, 9.17) is 0 Å². The highest BCUT2D eigenvalue weighted by atomic mass is 32.2. The van der Waals surface area contributed by atoms with Gasteiger partial charge >= 0.3 is 11.0 Å².